The molecule has 1 heterocycles. The predicted molar refractivity (Wildman–Crippen MR) is 99.4 cm³/mol. The number of nitrogens with zero attached hydrogens (tertiary/aromatic N) is 2. The number of hydrogen-bond acceptors (Lipinski definition) is 4. The van der Waals surface area contributed by atoms with E-state index in [1.54, 1.807) is 41.0 Å². The summed E-state index contributed by atoms with van der Waals surface area (Å²) >= 11 is 1.24. The van der Waals surface area contributed by atoms with Crippen LogP contribution in [0.15, 0.2) is 54.0 Å². The van der Waals surface area contributed by atoms with Crippen LogP contribution in [0.2, 0.25) is 0 Å². The first-order valence-electron chi connectivity index (χ1n) is 7.79. The van der Waals surface area contributed by atoms with E-state index in [1.807, 2.05) is 0 Å². The van der Waals surface area contributed by atoms with Crippen LogP contribution >= 0.6 is 11.3 Å². The van der Waals surface area contributed by atoms with Gasteiger partial charge in [-0.05, 0) is 30.3 Å². The van der Waals surface area contributed by atoms with Crippen LogP contribution < -0.4 is 14.3 Å². The summed E-state index contributed by atoms with van der Waals surface area (Å²) in [5.41, 5.74) is 0.677. The number of ether oxygens (including phenoxy) is 2. The number of halogens is 1. The van der Waals surface area contributed by atoms with Gasteiger partial charge in [0.15, 0.2) is 4.80 Å². The zero-order chi connectivity index (χ0) is 18.7. The molecule has 1 amide bonds. The molecule has 3 rings (SSSR count). The number of fused-ring (bicyclic) bond motifs is 1. The minimum absolute atomic E-state index is 0.273. The van der Waals surface area contributed by atoms with Gasteiger partial charge in [-0.2, -0.15) is 4.99 Å². The van der Waals surface area contributed by atoms with E-state index < -0.39 is 5.91 Å². The van der Waals surface area contributed by atoms with Crippen molar-refractivity contribution in [3.05, 3.63) is 65.2 Å². The molecule has 7 heteroatoms. The van der Waals surface area contributed by atoms with Gasteiger partial charge < -0.3 is 14.0 Å². The third-order valence-corrected chi connectivity index (χ3v) is 4.84. The Morgan fingerprint density at radius 1 is 1.31 bits per heavy atom. The van der Waals surface area contributed by atoms with Crippen LogP contribution in [0.1, 0.15) is 10.4 Å². The topological polar surface area (TPSA) is 52.8 Å². The van der Waals surface area contributed by atoms with Gasteiger partial charge in [0.25, 0.3) is 5.91 Å². The maximum atomic E-state index is 14.2. The molecule has 0 fully saturated rings. The van der Waals surface area contributed by atoms with Gasteiger partial charge in [-0.1, -0.05) is 23.5 Å². The molecular formula is C19H17FN2O3S. The molecule has 134 valence electrons. The highest BCUT2D eigenvalue weighted by Crippen LogP contribution is 2.25. The van der Waals surface area contributed by atoms with E-state index in [0.29, 0.717) is 33.1 Å². The number of carbonyl (C=O) groups excluding carboxylic acids is 1. The van der Waals surface area contributed by atoms with Crippen molar-refractivity contribution < 1.29 is 18.7 Å². The standard InChI is InChI=1S/C19H17FN2O3S/c1-4-10-22-17-14(20)6-5-7-16(17)26-19(22)21-18(23)13-11-12(24-2)8-9-15(13)25-3/h4-9,11H,1,10H2,2-3H3. The van der Waals surface area contributed by atoms with E-state index >= 15 is 0 Å². The largest absolute Gasteiger partial charge is 0.497 e. The predicted octanol–water partition coefficient (Wildman–Crippen LogP) is 3.79. The van der Waals surface area contributed by atoms with Crippen molar-refractivity contribution in [2.24, 2.45) is 4.99 Å². The van der Waals surface area contributed by atoms with Crippen LogP contribution in [-0.2, 0) is 6.54 Å². The number of aromatic nitrogens is 1. The van der Waals surface area contributed by atoms with E-state index in [9.17, 15) is 9.18 Å². The second kappa shape index (κ2) is 7.53. The summed E-state index contributed by atoms with van der Waals surface area (Å²) in [5, 5.41) is 0. The number of amides is 1. The Hall–Kier alpha value is -2.93. The average Bonchev–Trinajstić information content (AvgIpc) is 3.00. The SMILES string of the molecule is C=CCn1c(=NC(=O)c2cc(OC)ccc2OC)sc2cccc(F)c21. The summed E-state index contributed by atoms with van der Waals surface area (Å²) in [6.07, 6.45) is 1.63. The van der Waals surface area contributed by atoms with Crippen LogP contribution in [0.3, 0.4) is 0 Å². The smallest absolute Gasteiger partial charge is 0.283 e. The van der Waals surface area contributed by atoms with Crippen LogP contribution in [0.5, 0.6) is 11.5 Å². The monoisotopic (exact) mass is 372 g/mol. The van der Waals surface area contributed by atoms with E-state index in [0.717, 1.165) is 0 Å². The molecule has 0 radical (unpaired) electrons. The molecule has 0 spiro atoms. The summed E-state index contributed by atoms with van der Waals surface area (Å²) in [6.45, 7) is 4.03. The molecule has 26 heavy (non-hydrogen) atoms. The average molecular weight is 372 g/mol. The van der Waals surface area contributed by atoms with E-state index in [2.05, 4.69) is 11.6 Å². The van der Waals surface area contributed by atoms with E-state index in [1.165, 1.54) is 31.6 Å². The van der Waals surface area contributed by atoms with Gasteiger partial charge >= 0.3 is 0 Å². The van der Waals surface area contributed by atoms with E-state index in [4.69, 9.17) is 9.47 Å². The molecule has 0 aliphatic heterocycles. The van der Waals surface area contributed by atoms with Gasteiger partial charge in [0.1, 0.15) is 17.3 Å². The van der Waals surface area contributed by atoms with Gasteiger partial charge in [-0.15, -0.1) is 6.58 Å². The van der Waals surface area contributed by atoms with Gasteiger partial charge in [0.05, 0.1) is 30.0 Å². The summed E-state index contributed by atoms with van der Waals surface area (Å²) in [4.78, 5) is 17.3. The second-order valence-corrected chi connectivity index (χ2v) is 6.36. The normalized spacial score (nSPS) is 11.6. The highest BCUT2D eigenvalue weighted by atomic mass is 32.1. The summed E-state index contributed by atoms with van der Waals surface area (Å²) in [7, 11) is 2.99. The summed E-state index contributed by atoms with van der Waals surface area (Å²) in [6, 6.07) is 9.70. The number of thiazole rings is 1. The molecule has 0 unspecified atom stereocenters. The molecule has 0 aliphatic rings. The number of benzene rings is 2. The van der Waals surface area contributed by atoms with Gasteiger partial charge in [-0.25, -0.2) is 4.39 Å². The Balaban J connectivity index is 2.19. The lowest BCUT2D eigenvalue weighted by Crippen LogP contribution is -2.17. The number of allylic oxidation sites excluding steroid dienone is 1. The maximum absolute atomic E-state index is 14.2. The number of para-hydroxylation sites is 1. The molecule has 0 saturated carbocycles. The van der Waals surface area contributed by atoms with Crippen LogP contribution in [0.4, 0.5) is 4.39 Å². The Bertz CT molecular complexity index is 1050. The minimum atomic E-state index is -0.495. The molecular weight excluding hydrogens is 355 g/mol. The lowest BCUT2D eigenvalue weighted by molar-refractivity contribution is 0.0994. The van der Waals surface area contributed by atoms with Crippen LogP contribution in [-0.4, -0.2) is 24.7 Å². The molecule has 5 nitrogen and oxygen atoms in total. The van der Waals surface area contributed by atoms with Gasteiger partial charge in [0, 0.05) is 6.54 Å². The maximum Gasteiger partial charge on any atom is 0.283 e. The highest BCUT2D eigenvalue weighted by molar-refractivity contribution is 7.16. The van der Waals surface area contributed by atoms with Crippen molar-refractivity contribution in [2.75, 3.05) is 14.2 Å². The van der Waals surface area contributed by atoms with Crippen LogP contribution in [0.25, 0.3) is 10.2 Å². The first kappa shape index (κ1) is 17.9. The number of hydrogen-bond donors (Lipinski definition) is 0. The fraction of sp³-hybridized carbons (Fsp3) is 0.158. The van der Waals surface area contributed by atoms with Crippen molar-refractivity contribution in [3.63, 3.8) is 0 Å². The Morgan fingerprint density at radius 3 is 2.81 bits per heavy atom. The Morgan fingerprint density at radius 2 is 2.12 bits per heavy atom. The van der Waals surface area contributed by atoms with Crippen molar-refractivity contribution in [1.29, 1.82) is 0 Å². The van der Waals surface area contributed by atoms with Crippen molar-refractivity contribution in [3.8, 4) is 11.5 Å². The summed E-state index contributed by atoms with van der Waals surface area (Å²) < 4.78 is 27.0. The summed E-state index contributed by atoms with van der Waals surface area (Å²) in [5.74, 6) is 0.0480. The van der Waals surface area contributed by atoms with Crippen molar-refractivity contribution in [1.82, 2.24) is 4.57 Å². The third kappa shape index (κ3) is 3.25. The third-order valence-electron chi connectivity index (χ3n) is 3.80. The molecule has 0 aliphatic carbocycles. The van der Waals surface area contributed by atoms with Crippen molar-refractivity contribution >= 4 is 27.5 Å². The second-order valence-electron chi connectivity index (χ2n) is 5.35. The zero-order valence-corrected chi connectivity index (χ0v) is 15.2. The minimum Gasteiger partial charge on any atom is -0.497 e. The first-order valence-corrected chi connectivity index (χ1v) is 8.60. The van der Waals surface area contributed by atoms with Gasteiger partial charge in [-0.3, -0.25) is 4.79 Å². The molecule has 0 bridgehead atoms. The number of methoxy groups -OCH3 is 2. The molecule has 0 saturated heterocycles. The highest BCUT2D eigenvalue weighted by Gasteiger charge is 2.15. The Kier molecular flexibility index (Phi) is 5.18. The molecule has 1 aromatic heterocycles. The first-order chi connectivity index (χ1) is 12.6. The quantitative estimate of drug-likeness (QED) is 0.641. The van der Waals surface area contributed by atoms with Crippen LogP contribution in [0, 0.1) is 5.82 Å². The molecule has 2 aromatic carbocycles. The van der Waals surface area contributed by atoms with Crippen molar-refractivity contribution in [2.45, 2.75) is 6.54 Å². The number of carbonyl (C=O) groups is 1. The fourth-order valence-corrected chi connectivity index (χ4v) is 3.65. The van der Waals surface area contributed by atoms with Gasteiger partial charge in [0.2, 0.25) is 0 Å². The Labute approximate surface area is 153 Å². The lowest BCUT2D eigenvalue weighted by Gasteiger charge is -2.07. The molecule has 3 aromatic rings. The lowest BCUT2D eigenvalue weighted by atomic mass is 10.2. The number of rotatable bonds is 5. The zero-order valence-electron chi connectivity index (χ0n) is 14.4. The fourth-order valence-electron chi connectivity index (χ4n) is 2.60. The molecule has 0 N–H and O–H groups in total. The molecule has 0 atom stereocenters. The van der Waals surface area contributed by atoms with E-state index in [-0.39, 0.29) is 11.4 Å².